The molecule has 0 radical (unpaired) electrons. The fourth-order valence-electron chi connectivity index (χ4n) is 1.85. The van der Waals surface area contributed by atoms with Crippen molar-refractivity contribution in [3.05, 3.63) is 23.3 Å². The number of aromatic hydroxyl groups is 1. The van der Waals surface area contributed by atoms with E-state index in [4.69, 9.17) is 10.5 Å². The molecular formula is C11H15NO2. The summed E-state index contributed by atoms with van der Waals surface area (Å²) in [7, 11) is 1.55. The van der Waals surface area contributed by atoms with Gasteiger partial charge in [-0.1, -0.05) is 6.07 Å². The molecule has 0 aromatic heterocycles. The first-order valence-corrected chi connectivity index (χ1v) is 4.74. The van der Waals surface area contributed by atoms with Crippen LogP contribution in [0.25, 0.3) is 0 Å². The predicted molar refractivity (Wildman–Crippen MR) is 54.5 cm³/mol. The van der Waals surface area contributed by atoms with Gasteiger partial charge in [-0.3, -0.25) is 0 Å². The van der Waals surface area contributed by atoms with Crippen LogP contribution >= 0.6 is 0 Å². The fraction of sp³-hybridized carbons (Fsp3) is 0.455. The summed E-state index contributed by atoms with van der Waals surface area (Å²) < 4.78 is 5.06. The zero-order valence-electron chi connectivity index (χ0n) is 8.50. The van der Waals surface area contributed by atoms with E-state index >= 15 is 0 Å². The van der Waals surface area contributed by atoms with Gasteiger partial charge in [0.05, 0.1) is 7.11 Å². The van der Waals surface area contributed by atoms with Gasteiger partial charge in [-0.25, -0.2) is 0 Å². The van der Waals surface area contributed by atoms with Gasteiger partial charge >= 0.3 is 0 Å². The van der Waals surface area contributed by atoms with Crippen molar-refractivity contribution in [3.8, 4) is 11.5 Å². The van der Waals surface area contributed by atoms with Crippen molar-refractivity contribution in [1.29, 1.82) is 0 Å². The summed E-state index contributed by atoms with van der Waals surface area (Å²) in [5, 5.41) is 9.94. The van der Waals surface area contributed by atoms with Crippen molar-refractivity contribution in [3.63, 3.8) is 0 Å². The number of phenolic OH excluding ortho intramolecular Hbond substituents is 1. The molecule has 0 saturated heterocycles. The van der Waals surface area contributed by atoms with Gasteiger partial charge in [0.2, 0.25) is 0 Å². The van der Waals surface area contributed by atoms with Gasteiger partial charge in [-0.05, 0) is 31.4 Å². The van der Waals surface area contributed by atoms with Crippen LogP contribution in [0.4, 0.5) is 0 Å². The maximum Gasteiger partial charge on any atom is 0.163 e. The number of methoxy groups -OCH3 is 1. The van der Waals surface area contributed by atoms with Crippen LogP contribution in [0.5, 0.6) is 11.5 Å². The van der Waals surface area contributed by atoms with Crippen LogP contribution < -0.4 is 10.5 Å². The second-order valence-electron chi connectivity index (χ2n) is 3.96. The first-order chi connectivity index (χ1) is 6.58. The Hall–Kier alpha value is -1.22. The molecule has 76 valence electrons. The average molecular weight is 193 g/mol. The van der Waals surface area contributed by atoms with Crippen molar-refractivity contribution >= 4 is 0 Å². The van der Waals surface area contributed by atoms with E-state index in [1.165, 1.54) is 0 Å². The Morgan fingerprint density at radius 3 is 2.57 bits per heavy atom. The Bertz CT molecular complexity index is 370. The lowest BCUT2D eigenvalue weighted by Gasteiger charge is -2.16. The number of nitrogens with two attached hydrogens (primary N) is 1. The molecule has 3 nitrogen and oxygen atoms in total. The summed E-state index contributed by atoms with van der Waals surface area (Å²) in [6, 6.07) is 3.70. The molecule has 2 rings (SSSR count). The largest absolute Gasteiger partial charge is 0.504 e. The molecule has 0 unspecified atom stereocenters. The SMILES string of the molecule is COc1ccc(C)c(C2(N)CC2)c1O. The van der Waals surface area contributed by atoms with Crippen molar-refractivity contribution in [2.45, 2.75) is 25.3 Å². The summed E-state index contributed by atoms with van der Waals surface area (Å²) in [5.41, 5.74) is 7.64. The average Bonchev–Trinajstić information content (AvgIpc) is 2.85. The van der Waals surface area contributed by atoms with Gasteiger partial charge in [0.15, 0.2) is 11.5 Å². The topological polar surface area (TPSA) is 55.5 Å². The molecule has 0 heterocycles. The standard InChI is InChI=1S/C11H15NO2/c1-7-3-4-8(14-2)10(13)9(7)11(12)5-6-11/h3-4,13H,5-6,12H2,1-2H3. The Morgan fingerprint density at radius 2 is 2.07 bits per heavy atom. The number of hydrogen-bond acceptors (Lipinski definition) is 3. The van der Waals surface area contributed by atoms with Crippen LogP contribution in [-0.2, 0) is 5.54 Å². The monoisotopic (exact) mass is 193 g/mol. The molecule has 1 aromatic carbocycles. The molecule has 3 heteroatoms. The molecule has 1 aliphatic rings. The van der Waals surface area contributed by atoms with Crippen LogP contribution in [0.2, 0.25) is 0 Å². The van der Waals surface area contributed by atoms with Gasteiger partial charge in [0.1, 0.15) is 0 Å². The van der Waals surface area contributed by atoms with Gasteiger partial charge < -0.3 is 15.6 Å². The number of aryl methyl sites for hydroxylation is 1. The van der Waals surface area contributed by atoms with Crippen LogP contribution in [0.3, 0.4) is 0 Å². The molecule has 3 N–H and O–H groups in total. The number of hydrogen-bond donors (Lipinski definition) is 2. The van der Waals surface area contributed by atoms with Crippen molar-refractivity contribution in [2.75, 3.05) is 7.11 Å². The smallest absolute Gasteiger partial charge is 0.163 e. The lowest BCUT2D eigenvalue weighted by atomic mass is 9.98. The predicted octanol–water partition coefficient (Wildman–Crippen LogP) is 1.66. The molecule has 0 atom stereocenters. The number of benzene rings is 1. The minimum absolute atomic E-state index is 0.201. The highest BCUT2D eigenvalue weighted by Gasteiger charge is 2.43. The molecule has 1 aliphatic carbocycles. The van der Waals surface area contributed by atoms with Crippen molar-refractivity contribution in [1.82, 2.24) is 0 Å². The Labute approximate surface area is 83.5 Å². The van der Waals surface area contributed by atoms with E-state index in [1.54, 1.807) is 13.2 Å². The Morgan fingerprint density at radius 1 is 1.43 bits per heavy atom. The summed E-state index contributed by atoms with van der Waals surface area (Å²) in [4.78, 5) is 0. The van der Waals surface area contributed by atoms with Gasteiger partial charge in [0.25, 0.3) is 0 Å². The van der Waals surface area contributed by atoms with Crippen LogP contribution in [0.1, 0.15) is 24.0 Å². The minimum Gasteiger partial charge on any atom is -0.504 e. The Kier molecular flexibility index (Phi) is 1.93. The van der Waals surface area contributed by atoms with Gasteiger partial charge in [-0.2, -0.15) is 0 Å². The molecule has 0 bridgehead atoms. The highest BCUT2D eigenvalue weighted by molar-refractivity contribution is 5.54. The van der Waals surface area contributed by atoms with Crippen LogP contribution in [0.15, 0.2) is 12.1 Å². The van der Waals surface area contributed by atoms with Crippen molar-refractivity contribution < 1.29 is 9.84 Å². The maximum absolute atomic E-state index is 9.94. The van der Waals surface area contributed by atoms with E-state index in [0.717, 1.165) is 24.0 Å². The Balaban J connectivity index is 2.56. The normalized spacial score (nSPS) is 17.9. The molecule has 1 aromatic rings. The zero-order valence-corrected chi connectivity index (χ0v) is 8.50. The van der Waals surface area contributed by atoms with Crippen LogP contribution in [-0.4, -0.2) is 12.2 Å². The number of phenols is 1. The van der Waals surface area contributed by atoms with E-state index in [9.17, 15) is 5.11 Å². The van der Waals surface area contributed by atoms with Crippen LogP contribution in [0, 0.1) is 6.92 Å². The second-order valence-corrected chi connectivity index (χ2v) is 3.96. The second kappa shape index (κ2) is 2.89. The van der Waals surface area contributed by atoms with E-state index in [1.807, 2.05) is 13.0 Å². The number of rotatable bonds is 2. The molecular weight excluding hydrogens is 178 g/mol. The molecule has 1 saturated carbocycles. The third-order valence-electron chi connectivity index (χ3n) is 2.86. The minimum atomic E-state index is -0.317. The summed E-state index contributed by atoms with van der Waals surface area (Å²) in [6.07, 6.45) is 1.88. The maximum atomic E-state index is 9.94. The first-order valence-electron chi connectivity index (χ1n) is 4.74. The molecule has 14 heavy (non-hydrogen) atoms. The summed E-state index contributed by atoms with van der Waals surface area (Å²) in [6.45, 7) is 1.96. The summed E-state index contributed by atoms with van der Waals surface area (Å²) >= 11 is 0. The number of ether oxygens (including phenoxy) is 1. The molecule has 1 fully saturated rings. The quantitative estimate of drug-likeness (QED) is 0.751. The van der Waals surface area contributed by atoms with E-state index in [-0.39, 0.29) is 11.3 Å². The lowest BCUT2D eigenvalue weighted by Crippen LogP contribution is -2.20. The van der Waals surface area contributed by atoms with E-state index in [0.29, 0.717) is 5.75 Å². The van der Waals surface area contributed by atoms with Crippen molar-refractivity contribution in [2.24, 2.45) is 5.73 Å². The third-order valence-corrected chi connectivity index (χ3v) is 2.86. The molecule has 0 spiro atoms. The fourth-order valence-corrected chi connectivity index (χ4v) is 1.85. The first kappa shape index (κ1) is 9.34. The summed E-state index contributed by atoms with van der Waals surface area (Å²) in [5.74, 6) is 0.704. The lowest BCUT2D eigenvalue weighted by molar-refractivity contribution is 0.367. The van der Waals surface area contributed by atoms with E-state index in [2.05, 4.69) is 0 Å². The van der Waals surface area contributed by atoms with E-state index < -0.39 is 0 Å². The highest BCUT2D eigenvalue weighted by atomic mass is 16.5. The van der Waals surface area contributed by atoms with Gasteiger partial charge in [0, 0.05) is 11.1 Å². The third kappa shape index (κ3) is 1.24. The molecule has 0 amide bonds. The zero-order chi connectivity index (χ0) is 10.3. The highest BCUT2D eigenvalue weighted by Crippen LogP contribution is 2.50. The van der Waals surface area contributed by atoms with Gasteiger partial charge in [-0.15, -0.1) is 0 Å². The molecule has 0 aliphatic heterocycles.